The van der Waals surface area contributed by atoms with E-state index >= 15 is 0 Å². The molecule has 0 spiro atoms. The summed E-state index contributed by atoms with van der Waals surface area (Å²) < 4.78 is 31.4. The fourth-order valence-corrected chi connectivity index (χ4v) is 3.05. The highest BCUT2D eigenvalue weighted by Gasteiger charge is 2.25. The molecule has 0 bridgehead atoms. The minimum Gasteiger partial charge on any atom is -0.412 e. The van der Waals surface area contributed by atoms with E-state index in [2.05, 4.69) is 39.3 Å². The van der Waals surface area contributed by atoms with Crippen LogP contribution in [0.4, 0.5) is 17.3 Å². The number of carbonyl (C=O) groups excluding carboxylic acids is 2. The van der Waals surface area contributed by atoms with Crippen LogP contribution in [0.25, 0.3) is 0 Å². The largest absolute Gasteiger partial charge is 0.412 e. The molecule has 9 N–H and O–H groups in total. The van der Waals surface area contributed by atoms with Crippen LogP contribution in [0.1, 0.15) is 49.4 Å². The lowest BCUT2D eigenvalue weighted by Gasteiger charge is -2.14. The normalized spacial score (nSPS) is 10.7. The van der Waals surface area contributed by atoms with Crippen molar-refractivity contribution in [3.8, 4) is 0 Å². The van der Waals surface area contributed by atoms with Crippen LogP contribution >= 0.6 is 33.0 Å². The Hall–Kier alpha value is -3.06. The van der Waals surface area contributed by atoms with Gasteiger partial charge in [-0.1, -0.05) is 42.0 Å². The number of hydrogen-bond donors (Lipinski definition) is 5. The molecule has 2 unspecified atom stereocenters. The SMILES string of the molecule is CCCN(C)C(=O)c1nc(N)c([N+](=O)[O-])c(Cl)n1.CCCN(C)C(=O)c1nc(N)cc(Cl)n1.O=S(O)ONOOOO.[2H]O.[2H]P. The molecule has 0 saturated heterocycles. The average Bonchev–Trinajstić information content (AvgIpc) is 3.00. The molecule has 44 heavy (non-hydrogen) atoms. The van der Waals surface area contributed by atoms with Crippen LogP contribution < -0.4 is 17.1 Å². The van der Waals surface area contributed by atoms with Gasteiger partial charge in [0.1, 0.15) is 11.0 Å². The van der Waals surface area contributed by atoms with Crippen molar-refractivity contribution in [3.63, 3.8) is 0 Å². The lowest BCUT2D eigenvalue weighted by molar-refractivity contribution is -0.647. The third-order valence-corrected chi connectivity index (χ3v) is 4.83. The molecule has 2 atom stereocenters. The van der Waals surface area contributed by atoms with Gasteiger partial charge in [0.15, 0.2) is 0 Å². The van der Waals surface area contributed by atoms with Gasteiger partial charge in [-0.05, 0) is 28.6 Å². The second kappa shape index (κ2) is 24.3. The second-order valence-corrected chi connectivity index (χ2v) is 8.68. The van der Waals surface area contributed by atoms with Gasteiger partial charge in [0.2, 0.25) is 24.1 Å². The Morgan fingerprint density at radius 2 is 1.64 bits per heavy atom. The van der Waals surface area contributed by atoms with Crippen molar-refractivity contribution in [1.82, 2.24) is 35.4 Å². The highest BCUT2D eigenvalue weighted by molar-refractivity contribution is 7.74. The van der Waals surface area contributed by atoms with E-state index in [1.165, 1.54) is 21.5 Å². The Kier molecular flexibility index (Phi) is 22.6. The van der Waals surface area contributed by atoms with Crippen molar-refractivity contribution in [1.29, 1.82) is 1.28 Å². The molecule has 2 rings (SSSR count). The van der Waals surface area contributed by atoms with E-state index in [4.69, 9.17) is 52.7 Å². The van der Waals surface area contributed by atoms with E-state index in [9.17, 15) is 23.9 Å². The van der Waals surface area contributed by atoms with Crippen LogP contribution in [-0.4, -0.2) is 94.4 Å². The monoisotopic (exact) mass is 716 g/mol. The van der Waals surface area contributed by atoms with Gasteiger partial charge in [-0.25, -0.2) is 20.2 Å². The molecule has 2 aromatic heterocycles. The van der Waals surface area contributed by atoms with E-state index in [1.54, 1.807) is 23.9 Å². The fourth-order valence-electron chi connectivity index (χ4n) is 2.53. The molecular formula is C18H33Cl2N10O12PS. The lowest BCUT2D eigenvalue weighted by Crippen LogP contribution is -2.29. The summed E-state index contributed by atoms with van der Waals surface area (Å²) in [6.07, 6.45) is 1.64. The van der Waals surface area contributed by atoms with Crippen molar-refractivity contribution in [2.24, 2.45) is 0 Å². The van der Waals surface area contributed by atoms with Gasteiger partial charge in [-0.15, -0.1) is 4.28 Å². The number of nitrogens with one attached hydrogen (secondary N) is 1. The molecule has 0 fully saturated rings. The Bertz CT molecular complexity index is 1190. The van der Waals surface area contributed by atoms with Crippen molar-refractivity contribution in [2.45, 2.75) is 26.7 Å². The summed E-state index contributed by atoms with van der Waals surface area (Å²) in [5.74, 6) is -1.20. The van der Waals surface area contributed by atoms with Crippen molar-refractivity contribution >= 4 is 73.5 Å². The number of aromatic nitrogens is 4. The smallest absolute Gasteiger partial charge is 0.348 e. The molecule has 0 aromatic carbocycles. The minimum atomic E-state index is -2.52. The van der Waals surface area contributed by atoms with Gasteiger partial charge in [0.25, 0.3) is 11.8 Å². The first-order chi connectivity index (χ1) is 21.7. The Morgan fingerprint density at radius 3 is 2.02 bits per heavy atom. The summed E-state index contributed by atoms with van der Waals surface area (Å²) >= 11 is 8.76. The number of hydrogen-bond acceptors (Lipinski definition) is 17. The van der Waals surface area contributed by atoms with Gasteiger partial charge in [-0.3, -0.25) is 24.3 Å². The van der Waals surface area contributed by atoms with Gasteiger partial charge < -0.3 is 26.7 Å². The maximum Gasteiger partial charge on any atom is 0.348 e. The van der Waals surface area contributed by atoms with Crippen LogP contribution in [0.5, 0.6) is 0 Å². The summed E-state index contributed by atoms with van der Waals surface area (Å²) in [7, 11) is 4.92. The summed E-state index contributed by atoms with van der Waals surface area (Å²) in [5.41, 5.74) is 17.8. The molecule has 0 aliphatic heterocycles. The van der Waals surface area contributed by atoms with Crippen LogP contribution in [0, 0.1) is 10.1 Å². The van der Waals surface area contributed by atoms with E-state index in [1.807, 2.05) is 13.8 Å². The zero-order valence-electron chi connectivity index (χ0n) is 25.4. The topological polar surface area (TPSA) is 325 Å². The number of amides is 2. The highest BCUT2D eigenvalue weighted by atomic mass is 35.5. The number of carbonyl (C=O) groups is 2. The first kappa shape index (κ1) is 40.9. The maximum atomic E-state index is 11.8. The van der Waals surface area contributed by atoms with E-state index in [-0.39, 0.29) is 28.5 Å². The summed E-state index contributed by atoms with van der Waals surface area (Å²) in [6.45, 7) is 5.05. The summed E-state index contributed by atoms with van der Waals surface area (Å²) in [6, 6.07) is 1.40. The number of nitro groups is 1. The fraction of sp³-hybridized carbons (Fsp3) is 0.444. The Morgan fingerprint density at radius 1 is 1.14 bits per heavy atom. The molecule has 0 aliphatic carbocycles. The van der Waals surface area contributed by atoms with Crippen molar-refractivity contribution in [3.05, 3.63) is 38.1 Å². The van der Waals surface area contributed by atoms with Gasteiger partial charge >= 0.3 is 17.0 Å². The molecule has 0 radical (unpaired) electrons. The van der Waals surface area contributed by atoms with Gasteiger partial charge in [0, 0.05) is 33.3 Å². The van der Waals surface area contributed by atoms with E-state index in [0.717, 1.165) is 12.8 Å². The van der Waals surface area contributed by atoms with Crippen molar-refractivity contribution in [2.75, 3.05) is 38.7 Å². The third-order valence-electron chi connectivity index (χ3n) is 4.16. The zero-order chi connectivity index (χ0) is 36.4. The van der Waals surface area contributed by atoms with Gasteiger partial charge in [0.05, 0.1) is 6.20 Å². The molecule has 0 saturated carbocycles. The van der Waals surface area contributed by atoms with Crippen LogP contribution in [0.15, 0.2) is 6.07 Å². The summed E-state index contributed by atoms with van der Waals surface area (Å²) in [4.78, 5) is 54.7. The number of halogens is 2. The van der Waals surface area contributed by atoms with Crippen LogP contribution in [0.2, 0.25) is 10.3 Å². The first-order valence-corrected chi connectivity index (χ1v) is 12.9. The van der Waals surface area contributed by atoms with Crippen LogP contribution in [-0.2, 0) is 30.7 Å². The van der Waals surface area contributed by atoms with E-state index < -0.39 is 38.9 Å². The average molecular weight is 717 g/mol. The zero-order valence-corrected chi connectivity index (χ0v) is 26.9. The third kappa shape index (κ3) is 17.3. The standard InChI is InChI=1S/C9H12ClN5O3.C9H13ClN4O.H3NO7S.H2O.H3P/c1-3-4-14(2)9(16)8-12-6(10)5(15(17)18)7(11)13-8;1-3-4-14(2)9(15)8-12-6(10)5-7(11)13-8;2-7-8-5-1-6-9(3)4;;/h3-4H2,1-2H3,(H2,11,12,13);5H,3-4H2,1-2H3,(H2,11,12,13);1-2H,(H,3,4);1H2;1H3/i;;;;1D/hD. The molecule has 26 heteroatoms. The highest BCUT2D eigenvalue weighted by Crippen LogP contribution is 2.27. The number of nitrogen functional groups attached to an aromatic ring is 2. The predicted octanol–water partition coefficient (Wildman–Crippen LogP) is 0.442. The number of rotatable bonds is 12. The Labute approximate surface area is 268 Å². The Balaban J connectivity index is -0.000000597. The molecule has 2 heterocycles. The molecule has 22 nitrogen and oxygen atoms in total. The number of nitrogens with zero attached hydrogens (tertiary/aromatic N) is 7. The minimum absolute atomic E-state index is 0.0379. The molecule has 2 aromatic rings. The molecule has 252 valence electrons. The quantitative estimate of drug-likeness (QED) is 0.0378. The molecule has 2 amide bonds. The van der Waals surface area contributed by atoms with Crippen molar-refractivity contribution < 1.29 is 54.8 Å². The molecule has 0 aliphatic rings. The second-order valence-electron chi connectivity index (χ2n) is 7.33. The van der Waals surface area contributed by atoms with Gasteiger partial charge in [-0.2, -0.15) is 19.0 Å². The molecular weight excluding hydrogens is 682 g/mol. The van der Waals surface area contributed by atoms with Crippen LogP contribution in [0.3, 0.4) is 0 Å². The number of nitrogens with two attached hydrogens (primary N) is 2. The number of anilines is 2. The maximum absolute atomic E-state index is 11.8. The van der Waals surface area contributed by atoms with E-state index in [0.29, 0.717) is 13.1 Å². The predicted molar refractivity (Wildman–Crippen MR) is 160 cm³/mol. The lowest BCUT2D eigenvalue weighted by atomic mass is 10.4. The first-order valence-electron chi connectivity index (χ1n) is 12.2. The summed E-state index contributed by atoms with van der Waals surface area (Å²) in [5, 5.41) is 23.8.